The number of ether oxygens (including phenoxy) is 1. The first-order valence-electron chi connectivity index (χ1n) is 14.6. The molecule has 0 spiro atoms. The lowest BCUT2D eigenvalue weighted by molar-refractivity contribution is -0.140. The Bertz CT molecular complexity index is 1640. The normalized spacial score (nSPS) is 11.9. The molecule has 0 bridgehead atoms. The van der Waals surface area contributed by atoms with Crippen LogP contribution in [0.1, 0.15) is 38.3 Å². The van der Waals surface area contributed by atoms with Gasteiger partial charge in [-0.25, -0.2) is 8.42 Å². The van der Waals surface area contributed by atoms with Crippen molar-refractivity contribution < 1.29 is 22.7 Å². The number of para-hydroxylation sites is 1. The molecule has 4 aromatic rings. The van der Waals surface area contributed by atoms with E-state index in [9.17, 15) is 18.0 Å². The van der Waals surface area contributed by atoms with Crippen molar-refractivity contribution in [1.29, 1.82) is 0 Å². The smallest absolute Gasteiger partial charge is 0.264 e. The van der Waals surface area contributed by atoms with E-state index in [2.05, 4.69) is 5.32 Å². The zero-order chi connectivity index (χ0) is 31.7. The van der Waals surface area contributed by atoms with Gasteiger partial charge in [0.25, 0.3) is 10.0 Å². The fourth-order valence-electron chi connectivity index (χ4n) is 4.82. The summed E-state index contributed by atoms with van der Waals surface area (Å²) < 4.78 is 35.1. The first-order valence-corrected chi connectivity index (χ1v) is 16.1. The van der Waals surface area contributed by atoms with Gasteiger partial charge < -0.3 is 15.0 Å². The molecule has 0 aliphatic heterocycles. The van der Waals surface area contributed by atoms with Gasteiger partial charge in [-0.1, -0.05) is 67.6 Å². The Morgan fingerprint density at radius 1 is 0.795 bits per heavy atom. The SMILES string of the molecule is CC[C@@H](C(=O)NC(C)C)N(Cc1ccccc1C)C(=O)CN(c1ccc(Oc2ccccc2)cc1)S(=O)(=O)c1ccccc1. The molecule has 44 heavy (non-hydrogen) atoms. The molecule has 0 aromatic heterocycles. The van der Waals surface area contributed by atoms with Crippen molar-refractivity contribution in [3.63, 3.8) is 0 Å². The number of amides is 2. The molecule has 0 saturated heterocycles. The van der Waals surface area contributed by atoms with E-state index in [1.54, 1.807) is 42.5 Å². The Kier molecular flexibility index (Phi) is 10.8. The average Bonchev–Trinajstić information content (AvgIpc) is 3.01. The van der Waals surface area contributed by atoms with Gasteiger partial charge in [-0.2, -0.15) is 0 Å². The minimum absolute atomic E-state index is 0.0486. The zero-order valence-corrected chi connectivity index (χ0v) is 26.3. The van der Waals surface area contributed by atoms with Gasteiger partial charge in [-0.15, -0.1) is 0 Å². The van der Waals surface area contributed by atoms with E-state index in [-0.39, 0.29) is 29.1 Å². The van der Waals surface area contributed by atoms with E-state index >= 15 is 0 Å². The summed E-state index contributed by atoms with van der Waals surface area (Å²) in [6, 6.07) is 30.5. The van der Waals surface area contributed by atoms with Crippen LogP contribution in [0.15, 0.2) is 114 Å². The largest absolute Gasteiger partial charge is 0.457 e. The Morgan fingerprint density at radius 3 is 1.95 bits per heavy atom. The second-order valence-corrected chi connectivity index (χ2v) is 12.6. The fourth-order valence-corrected chi connectivity index (χ4v) is 6.26. The zero-order valence-electron chi connectivity index (χ0n) is 25.5. The van der Waals surface area contributed by atoms with E-state index in [1.165, 1.54) is 17.0 Å². The Balaban J connectivity index is 1.72. The van der Waals surface area contributed by atoms with Crippen LogP contribution < -0.4 is 14.4 Å². The van der Waals surface area contributed by atoms with Gasteiger partial charge in [-0.05, 0) is 86.8 Å². The lowest BCUT2D eigenvalue weighted by Crippen LogP contribution is -2.53. The predicted octanol–water partition coefficient (Wildman–Crippen LogP) is 6.31. The number of benzene rings is 4. The minimum atomic E-state index is -4.16. The second kappa shape index (κ2) is 14.7. The lowest BCUT2D eigenvalue weighted by atomic mass is 10.1. The number of carbonyl (C=O) groups excluding carboxylic acids is 2. The number of anilines is 1. The number of hydrogen-bond donors (Lipinski definition) is 1. The van der Waals surface area contributed by atoms with Crippen LogP contribution in [0, 0.1) is 6.92 Å². The van der Waals surface area contributed by atoms with Gasteiger partial charge in [0.1, 0.15) is 24.1 Å². The monoisotopic (exact) mass is 613 g/mol. The molecule has 9 heteroatoms. The first kappa shape index (κ1) is 32.3. The molecule has 0 aliphatic rings. The third-order valence-electron chi connectivity index (χ3n) is 7.13. The van der Waals surface area contributed by atoms with Gasteiger partial charge in [0.15, 0.2) is 0 Å². The van der Waals surface area contributed by atoms with Crippen molar-refractivity contribution in [3.05, 3.63) is 120 Å². The number of rotatable bonds is 13. The fraction of sp³-hybridized carbons (Fsp3) is 0.257. The van der Waals surface area contributed by atoms with Gasteiger partial charge >= 0.3 is 0 Å². The van der Waals surface area contributed by atoms with Crippen LogP contribution in [0.5, 0.6) is 11.5 Å². The highest BCUT2D eigenvalue weighted by molar-refractivity contribution is 7.92. The molecule has 4 rings (SSSR count). The summed E-state index contributed by atoms with van der Waals surface area (Å²) in [5.74, 6) is 0.370. The molecule has 0 fully saturated rings. The van der Waals surface area contributed by atoms with Crippen molar-refractivity contribution in [3.8, 4) is 11.5 Å². The molecule has 1 N–H and O–H groups in total. The van der Waals surface area contributed by atoms with Crippen molar-refractivity contribution in [2.45, 2.75) is 57.6 Å². The number of aryl methyl sites for hydroxylation is 1. The van der Waals surface area contributed by atoms with Crippen molar-refractivity contribution in [1.82, 2.24) is 10.2 Å². The van der Waals surface area contributed by atoms with E-state index < -0.39 is 28.5 Å². The molecular weight excluding hydrogens is 574 g/mol. The Labute approximate surface area is 260 Å². The first-order chi connectivity index (χ1) is 21.1. The summed E-state index contributed by atoms with van der Waals surface area (Å²) in [6.07, 6.45) is 0.354. The summed E-state index contributed by atoms with van der Waals surface area (Å²) in [5, 5.41) is 2.92. The highest BCUT2D eigenvalue weighted by Crippen LogP contribution is 2.29. The van der Waals surface area contributed by atoms with Gasteiger partial charge in [0, 0.05) is 12.6 Å². The predicted molar refractivity (Wildman–Crippen MR) is 173 cm³/mol. The van der Waals surface area contributed by atoms with Gasteiger partial charge in [0.05, 0.1) is 10.6 Å². The lowest BCUT2D eigenvalue weighted by Gasteiger charge is -2.34. The summed E-state index contributed by atoms with van der Waals surface area (Å²) in [5.41, 5.74) is 2.13. The number of hydrogen-bond acceptors (Lipinski definition) is 5. The molecule has 2 amide bonds. The molecule has 4 aromatic carbocycles. The van der Waals surface area contributed by atoms with Gasteiger partial charge in [0.2, 0.25) is 11.8 Å². The highest BCUT2D eigenvalue weighted by atomic mass is 32.2. The van der Waals surface area contributed by atoms with Crippen molar-refractivity contribution >= 4 is 27.5 Å². The number of nitrogens with zero attached hydrogens (tertiary/aromatic N) is 2. The van der Waals surface area contributed by atoms with Crippen molar-refractivity contribution in [2.75, 3.05) is 10.8 Å². The third kappa shape index (κ3) is 8.05. The summed E-state index contributed by atoms with van der Waals surface area (Å²) in [4.78, 5) is 29.1. The van der Waals surface area contributed by atoms with Crippen LogP contribution in [0.2, 0.25) is 0 Å². The molecule has 8 nitrogen and oxygen atoms in total. The molecule has 0 heterocycles. The molecule has 1 atom stereocenters. The highest BCUT2D eigenvalue weighted by Gasteiger charge is 2.34. The Hall–Kier alpha value is -4.63. The van der Waals surface area contributed by atoms with E-state index in [0.717, 1.165) is 15.4 Å². The van der Waals surface area contributed by atoms with Crippen LogP contribution in [0.25, 0.3) is 0 Å². The van der Waals surface area contributed by atoms with Crippen LogP contribution >= 0.6 is 0 Å². The number of nitrogens with one attached hydrogen (secondary N) is 1. The van der Waals surface area contributed by atoms with Crippen LogP contribution in [-0.4, -0.2) is 43.8 Å². The van der Waals surface area contributed by atoms with E-state index in [1.807, 2.05) is 82.3 Å². The van der Waals surface area contributed by atoms with Crippen LogP contribution in [-0.2, 0) is 26.2 Å². The van der Waals surface area contributed by atoms with E-state index in [0.29, 0.717) is 17.9 Å². The minimum Gasteiger partial charge on any atom is -0.457 e. The standard InChI is InChI=1S/C35H39N3O5S/c1-5-33(35(40)36-26(2)3)37(24-28-15-13-12-14-27(28)4)34(39)25-38(44(41,42)32-18-10-7-11-19-32)29-20-22-31(23-21-29)43-30-16-8-6-9-17-30/h6-23,26,33H,5,24-25H2,1-4H3,(H,36,40)/t33-/m0/s1. The average molecular weight is 614 g/mol. The molecule has 0 radical (unpaired) electrons. The molecular formula is C35H39N3O5S. The summed E-state index contributed by atoms with van der Waals surface area (Å²) >= 11 is 0. The Morgan fingerprint density at radius 2 is 1.36 bits per heavy atom. The summed E-state index contributed by atoms with van der Waals surface area (Å²) in [7, 11) is -4.16. The van der Waals surface area contributed by atoms with Crippen LogP contribution in [0.4, 0.5) is 5.69 Å². The van der Waals surface area contributed by atoms with E-state index in [4.69, 9.17) is 4.74 Å². The molecule has 230 valence electrons. The third-order valence-corrected chi connectivity index (χ3v) is 8.92. The topological polar surface area (TPSA) is 96.0 Å². The van der Waals surface area contributed by atoms with Crippen molar-refractivity contribution in [2.24, 2.45) is 0 Å². The maximum absolute atomic E-state index is 14.2. The molecule has 0 saturated carbocycles. The van der Waals surface area contributed by atoms with Gasteiger partial charge in [-0.3, -0.25) is 13.9 Å². The quantitative estimate of drug-likeness (QED) is 0.191. The number of carbonyl (C=O) groups is 2. The number of sulfonamides is 1. The maximum Gasteiger partial charge on any atom is 0.264 e. The molecule has 0 unspecified atom stereocenters. The molecule has 0 aliphatic carbocycles. The second-order valence-electron chi connectivity index (χ2n) is 10.8. The maximum atomic E-state index is 14.2. The van der Waals surface area contributed by atoms with Crippen LogP contribution in [0.3, 0.4) is 0 Å². The summed E-state index contributed by atoms with van der Waals surface area (Å²) in [6.45, 7) is 7.14.